The van der Waals surface area contributed by atoms with Gasteiger partial charge in [0.15, 0.2) is 12.2 Å². The number of benzene rings is 4. The van der Waals surface area contributed by atoms with Gasteiger partial charge in [-0.25, -0.2) is 15.0 Å². The van der Waals surface area contributed by atoms with Gasteiger partial charge >= 0.3 is 16.8 Å². The Kier molecular flexibility index (Phi) is 10.6. The van der Waals surface area contributed by atoms with Crippen molar-refractivity contribution in [3.05, 3.63) is 173 Å². The van der Waals surface area contributed by atoms with Crippen LogP contribution in [-0.4, -0.2) is 16.8 Å². The number of hydrogen-bond acceptors (Lipinski definition) is 5. The van der Waals surface area contributed by atoms with Crippen LogP contribution in [0.3, 0.4) is 0 Å². The maximum Gasteiger partial charge on any atom is 2.00 e. The van der Waals surface area contributed by atoms with Crippen molar-refractivity contribution < 1.29 is 51.1 Å². The first-order valence-electron chi connectivity index (χ1n) is 14.3. The quantitative estimate of drug-likeness (QED) is 0.276. The summed E-state index contributed by atoms with van der Waals surface area (Å²) in [4.78, 5) is 15.4. The predicted molar refractivity (Wildman–Crippen MR) is 165 cm³/mol. The first-order valence-corrected chi connectivity index (χ1v) is 14.3. The summed E-state index contributed by atoms with van der Waals surface area (Å²) in [6, 6.07) is 46.9. The third kappa shape index (κ3) is 6.29. The number of halogens is 2. The fourth-order valence-electron chi connectivity index (χ4n) is 5.98. The minimum absolute atomic E-state index is 0. The molecule has 4 aromatic carbocycles. The van der Waals surface area contributed by atoms with Gasteiger partial charge in [0, 0.05) is 0 Å². The Bertz CT molecular complexity index is 1650. The number of aliphatic imine (C=N–C) groups is 2. The van der Waals surface area contributed by atoms with Gasteiger partial charge in [-0.1, -0.05) is 127 Å². The molecule has 0 saturated carbocycles. The normalized spacial score (nSPS) is 23.2. The van der Waals surface area contributed by atoms with Crippen molar-refractivity contribution in [3.8, 4) is 0 Å². The molecule has 0 aliphatic carbocycles. The zero-order valence-corrected chi connectivity index (χ0v) is 27.2. The Morgan fingerprint density at radius 1 is 0.467 bits per heavy atom. The molecule has 1 radical (unpaired) electrons. The molecule has 0 N–H and O–H groups in total. The van der Waals surface area contributed by atoms with E-state index in [0.717, 1.165) is 22.3 Å². The number of pyridine rings is 1. The van der Waals surface area contributed by atoms with Gasteiger partial charge in [-0.3, -0.25) is 0 Å². The molecule has 7 rings (SSSR count). The van der Waals surface area contributed by atoms with Crippen LogP contribution in [0.25, 0.3) is 0 Å². The minimum Gasteiger partial charge on any atom is -1.00 e. The van der Waals surface area contributed by atoms with Crippen LogP contribution in [0.5, 0.6) is 0 Å². The summed E-state index contributed by atoms with van der Waals surface area (Å²) in [5.41, 5.74) is 4.32. The summed E-state index contributed by atoms with van der Waals surface area (Å²) >= 11 is 0. The third-order valence-corrected chi connectivity index (χ3v) is 8.26. The zero-order valence-electron chi connectivity index (χ0n) is 24.7. The van der Waals surface area contributed by atoms with Crippen molar-refractivity contribution in [2.24, 2.45) is 9.98 Å². The van der Waals surface area contributed by atoms with Gasteiger partial charge in [-0.2, -0.15) is 0 Å². The van der Waals surface area contributed by atoms with E-state index >= 15 is 0 Å². The van der Waals surface area contributed by atoms with Crippen LogP contribution in [0.2, 0.25) is 0 Å². The molecule has 0 saturated heterocycles. The van der Waals surface area contributed by atoms with Gasteiger partial charge < -0.3 is 34.3 Å². The molecule has 1 aromatic heterocycles. The fraction of sp³-hybridized carbons (Fsp3) is 0.162. The van der Waals surface area contributed by atoms with E-state index in [2.05, 4.69) is 62.4 Å². The molecule has 8 heteroatoms. The first kappa shape index (κ1) is 33.9. The van der Waals surface area contributed by atoms with E-state index in [-0.39, 0.29) is 53.8 Å². The third-order valence-electron chi connectivity index (χ3n) is 8.26. The predicted octanol–water partition coefficient (Wildman–Crippen LogP) is 1.95. The fourth-order valence-corrected chi connectivity index (χ4v) is 5.98. The Hall–Kier alpha value is -3.94. The van der Waals surface area contributed by atoms with Crippen molar-refractivity contribution in [1.29, 1.82) is 0 Å². The van der Waals surface area contributed by atoms with Crippen molar-refractivity contribution in [1.82, 2.24) is 4.98 Å². The summed E-state index contributed by atoms with van der Waals surface area (Å²) in [5.74, 6) is 1.00. The molecular formula is C37H31Cl2CoN3O2. The molecule has 5 aromatic rings. The van der Waals surface area contributed by atoms with Crippen LogP contribution in [0.1, 0.15) is 59.7 Å². The standard InChI is InChI=1S/C37H31N3O2.2ClH.Co/c1-36(28-20-11-5-12-21-28)32(26-16-7-3-8-17-26)41-34(39-36)30-24-15-25-31(38-30)35-40-37(2,29-22-13-6-14-23-29)33(42-35)27-18-9-4-10-19-27;;;/h3-25,32-33H,1-2H3;2*1H;/q;;;+2/p-2. The second-order valence-electron chi connectivity index (χ2n) is 11.1. The van der Waals surface area contributed by atoms with Gasteiger partial charge in [0.2, 0.25) is 11.8 Å². The number of ether oxygens (including phenoxy) is 2. The summed E-state index contributed by atoms with van der Waals surface area (Å²) in [5, 5.41) is 0. The average Bonchev–Trinajstić information content (AvgIpc) is 3.62. The van der Waals surface area contributed by atoms with E-state index in [1.165, 1.54) is 0 Å². The Morgan fingerprint density at radius 3 is 1.16 bits per heavy atom. The van der Waals surface area contributed by atoms with E-state index in [1.54, 1.807) is 0 Å². The molecule has 0 spiro atoms. The van der Waals surface area contributed by atoms with Gasteiger partial charge in [0.05, 0.1) is 0 Å². The summed E-state index contributed by atoms with van der Waals surface area (Å²) < 4.78 is 13.3. The van der Waals surface area contributed by atoms with Crippen LogP contribution < -0.4 is 24.8 Å². The largest absolute Gasteiger partial charge is 2.00 e. The first-order chi connectivity index (χ1) is 20.5. The van der Waals surface area contributed by atoms with E-state index < -0.39 is 11.1 Å². The topological polar surface area (TPSA) is 56.1 Å². The second-order valence-corrected chi connectivity index (χ2v) is 11.1. The molecule has 2 aliphatic rings. The van der Waals surface area contributed by atoms with Gasteiger partial charge in [0.25, 0.3) is 0 Å². The van der Waals surface area contributed by atoms with Gasteiger partial charge in [-0.05, 0) is 48.2 Å². The zero-order chi connectivity index (χ0) is 28.6. The van der Waals surface area contributed by atoms with Crippen molar-refractivity contribution in [2.75, 3.05) is 0 Å². The molecule has 5 nitrogen and oxygen atoms in total. The number of nitrogens with zero attached hydrogens (tertiary/aromatic N) is 3. The molecule has 2 aliphatic heterocycles. The maximum absolute atomic E-state index is 6.63. The molecule has 45 heavy (non-hydrogen) atoms. The maximum atomic E-state index is 6.63. The molecule has 229 valence electrons. The smallest absolute Gasteiger partial charge is 1.00 e. The molecule has 0 fully saturated rings. The van der Waals surface area contributed by atoms with Crippen LogP contribution in [0.15, 0.2) is 150 Å². The van der Waals surface area contributed by atoms with Crippen molar-refractivity contribution >= 4 is 11.8 Å². The Balaban J connectivity index is 0.00000154. The van der Waals surface area contributed by atoms with Crippen LogP contribution in [0.4, 0.5) is 0 Å². The van der Waals surface area contributed by atoms with Crippen molar-refractivity contribution in [3.63, 3.8) is 0 Å². The number of aromatic nitrogens is 1. The van der Waals surface area contributed by atoms with Crippen LogP contribution in [0, 0.1) is 0 Å². The van der Waals surface area contributed by atoms with Crippen molar-refractivity contribution in [2.45, 2.75) is 37.1 Å². The molecule has 4 atom stereocenters. The molecule has 0 bridgehead atoms. The Morgan fingerprint density at radius 2 is 0.800 bits per heavy atom. The summed E-state index contributed by atoms with van der Waals surface area (Å²) in [6.45, 7) is 4.24. The molecular weight excluding hydrogens is 648 g/mol. The average molecular weight is 680 g/mol. The SMILES string of the molecule is CC1(c2ccccc2)N=C(c2cccc(C3=NC(C)(c4ccccc4)C(c4ccccc4)O3)n2)OC1c1ccccc1.[Cl-].[Cl-].[Co+2]. The summed E-state index contributed by atoms with van der Waals surface area (Å²) in [7, 11) is 0. The molecule has 3 heterocycles. The second kappa shape index (κ2) is 14.0. The number of hydrogen-bond donors (Lipinski definition) is 0. The minimum atomic E-state index is -0.624. The Labute approximate surface area is 286 Å². The molecule has 4 unspecified atom stereocenters. The van der Waals surface area contributed by atoms with E-state index in [9.17, 15) is 0 Å². The van der Waals surface area contributed by atoms with Gasteiger partial charge in [0.1, 0.15) is 22.5 Å². The van der Waals surface area contributed by atoms with E-state index in [4.69, 9.17) is 24.4 Å². The molecule has 0 amide bonds. The summed E-state index contributed by atoms with van der Waals surface area (Å²) in [6.07, 6.45) is -0.601. The van der Waals surface area contributed by atoms with Crippen LogP contribution >= 0.6 is 0 Å². The van der Waals surface area contributed by atoms with E-state index in [1.807, 2.05) is 91.0 Å². The van der Waals surface area contributed by atoms with Crippen LogP contribution in [-0.2, 0) is 37.3 Å². The van der Waals surface area contributed by atoms with Gasteiger partial charge in [-0.15, -0.1) is 0 Å². The monoisotopic (exact) mass is 678 g/mol. The van der Waals surface area contributed by atoms with E-state index in [0.29, 0.717) is 23.2 Å². The number of rotatable bonds is 6.